The van der Waals surface area contributed by atoms with Crippen LogP contribution in [0.1, 0.15) is 12.0 Å². The van der Waals surface area contributed by atoms with E-state index >= 15 is 0 Å². The van der Waals surface area contributed by atoms with E-state index in [0.717, 1.165) is 11.3 Å². The maximum Gasteiger partial charge on any atom is 0.233 e. The Morgan fingerprint density at radius 3 is 2.17 bits per heavy atom. The lowest BCUT2D eigenvalue weighted by Crippen LogP contribution is -2.27. The summed E-state index contributed by atoms with van der Waals surface area (Å²) in [6.07, 6.45) is -0.266. The van der Waals surface area contributed by atoms with Crippen LogP contribution in [-0.4, -0.2) is 18.9 Å². The van der Waals surface area contributed by atoms with Crippen LogP contribution in [0.2, 0.25) is 0 Å². The third kappa shape index (κ3) is 6.10. The summed E-state index contributed by atoms with van der Waals surface area (Å²) < 4.78 is 11.0. The van der Waals surface area contributed by atoms with E-state index in [0.29, 0.717) is 23.7 Å². The van der Waals surface area contributed by atoms with Crippen LogP contribution in [0.25, 0.3) is 0 Å². The molecule has 6 nitrogen and oxygen atoms in total. The van der Waals surface area contributed by atoms with Crippen LogP contribution in [0.3, 0.4) is 0 Å². The van der Waals surface area contributed by atoms with E-state index in [1.54, 1.807) is 31.4 Å². The second-order valence-corrected chi connectivity index (χ2v) is 6.25. The molecule has 0 saturated heterocycles. The maximum absolute atomic E-state index is 12.1. The van der Waals surface area contributed by atoms with Crippen LogP contribution in [0.5, 0.6) is 17.2 Å². The molecule has 3 rings (SSSR count). The quantitative estimate of drug-likeness (QED) is 0.567. The van der Waals surface area contributed by atoms with Gasteiger partial charge in [-0.1, -0.05) is 36.4 Å². The molecule has 3 aromatic rings. The van der Waals surface area contributed by atoms with E-state index < -0.39 is 0 Å². The molecule has 0 aliphatic rings. The number of carbonyl (C=O) groups excluding carboxylic acids is 2. The summed E-state index contributed by atoms with van der Waals surface area (Å²) in [7, 11) is 1.57. The standard InChI is InChI=1S/C23H22N2O4/c1-28-21-10-6-5-7-17(21)16-24-22(26)15-23(27)25-18-11-13-20(14-12-18)29-19-8-3-2-4-9-19/h2-14H,15-16H2,1H3,(H,24,26)(H,25,27). The molecule has 0 bridgehead atoms. The van der Waals surface area contributed by atoms with Gasteiger partial charge in [0.1, 0.15) is 23.7 Å². The highest BCUT2D eigenvalue weighted by atomic mass is 16.5. The number of benzene rings is 3. The Labute approximate surface area is 169 Å². The van der Waals surface area contributed by atoms with Crippen molar-refractivity contribution in [2.75, 3.05) is 12.4 Å². The zero-order valence-electron chi connectivity index (χ0n) is 16.1. The molecule has 0 atom stereocenters. The van der Waals surface area contributed by atoms with Crippen molar-refractivity contribution in [2.45, 2.75) is 13.0 Å². The fraction of sp³-hybridized carbons (Fsp3) is 0.130. The first-order valence-corrected chi connectivity index (χ1v) is 9.15. The van der Waals surface area contributed by atoms with Crippen molar-refractivity contribution in [3.8, 4) is 17.2 Å². The molecule has 2 amide bonds. The van der Waals surface area contributed by atoms with Gasteiger partial charge in [-0.3, -0.25) is 9.59 Å². The molecule has 0 heterocycles. The van der Waals surface area contributed by atoms with Crippen molar-refractivity contribution >= 4 is 17.5 Å². The Kier molecular flexibility index (Phi) is 6.84. The van der Waals surface area contributed by atoms with Crippen molar-refractivity contribution in [3.63, 3.8) is 0 Å². The fourth-order valence-corrected chi connectivity index (χ4v) is 2.69. The van der Waals surface area contributed by atoms with Gasteiger partial charge in [-0.2, -0.15) is 0 Å². The summed E-state index contributed by atoms with van der Waals surface area (Å²) in [4.78, 5) is 24.1. The minimum Gasteiger partial charge on any atom is -0.496 e. The molecular weight excluding hydrogens is 368 g/mol. The van der Waals surface area contributed by atoms with Crippen LogP contribution in [0.4, 0.5) is 5.69 Å². The van der Waals surface area contributed by atoms with Crippen molar-refractivity contribution < 1.29 is 19.1 Å². The number of para-hydroxylation sites is 2. The number of methoxy groups -OCH3 is 1. The third-order valence-electron chi connectivity index (χ3n) is 4.11. The first-order valence-electron chi connectivity index (χ1n) is 9.15. The SMILES string of the molecule is COc1ccccc1CNC(=O)CC(=O)Nc1ccc(Oc2ccccc2)cc1. The predicted octanol–water partition coefficient (Wildman–Crippen LogP) is 4.13. The number of rotatable bonds is 8. The first kappa shape index (κ1) is 19.9. The summed E-state index contributed by atoms with van der Waals surface area (Å²) in [5.41, 5.74) is 1.44. The molecule has 0 spiro atoms. The average molecular weight is 390 g/mol. The lowest BCUT2D eigenvalue weighted by atomic mass is 10.2. The molecule has 148 valence electrons. The van der Waals surface area contributed by atoms with Gasteiger partial charge >= 0.3 is 0 Å². The number of hydrogen-bond acceptors (Lipinski definition) is 4. The van der Waals surface area contributed by atoms with Gasteiger partial charge < -0.3 is 20.1 Å². The Bertz CT molecular complexity index is 956. The van der Waals surface area contributed by atoms with E-state index in [-0.39, 0.29) is 18.2 Å². The van der Waals surface area contributed by atoms with Gasteiger partial charge in [0.2, 0.25) is 11.8 Å². The van der Waals surface area contributed by atoms with Crippen molar-refractivity contribution in [1.82, 2.24) is 5.32 Å². The molecule has 0 aromatic heterocycles. The number of nitrogens with one attached hydrogen (secondary N) is 2. The second-order valence-electron chi connectivity index (χ2n) is 6.25. The highest BCUT2D eigenvalue weighted by molar-refractivity contribution is 6.03. The van der Waals surface area contributed by atoms with Gasteiger partial charge in [0.05, 0.1) is 7.11 Å². The van der Waals surface area contributed by atoms with Gasteiger partial charge in [0.15, 0.2) is 0 Å². The van der Waals surface area contributed by atoms with Gasteiger partial charge in [-0.25, -0.2) is 0 Å². The smallest absolute Gasteiger partial charge is 0.233 e. The zero-order chi connectivity index (χ0) is 20.5. The minimum atomic E-state index is -0.390. The van der Waals surface area contributed by atoms with Crippen molar-refractivity contribution in [2.24, 2.45) is 0 Å². The van der Waals surface area contributed by atoms with E-state index in [2.05, 4.69) is 10.6 Å². The monoisotopic (exact) mass is 390 g/mol. The van der Waals surface area contributed by atoms with Gasteiger partial charge in [-0.15, -0.1) is 0 Å². The largest absolute Gasteiger partial charge is 0.496 e. The van der Waals surface area contributed by atoms with E-state index in [1.807, 2.05) is 54.6 Å². The molecule has 0 aliphatic carbocycles. The third-order valence-corrected chi connectivity index (χ3v) is 4.11. The van der Waals surface area contributed by atoms with Crippen molar-refractivity contribution in [1.29, 1.82) is 0 Å². The van der Waals surface area contributed by atoms with Gasteiger partial charge in [-0.05, 0) is 42.5 Å². The Balaban J connectivity index is 1.46. The van der Waals surface area contributed by atoms with Crippen LogP contribution in [0.15, 0.2) is 78.9 Å². The first-order chi connectivity index (χ1) is 14.1. The summed E-state index contributed by atoms with van der Waals surface area (Å²) in [5.74, 6) is 1.33. The number of amides is 2. The molecule has 0 aliphatic heterocycles. The van der Waals surface area contributed by atoms with Crippen molar-refractivity contribution in [3.05, 3.63) is 84.4 Å². The number of carbonyl (C=O) groups is 2. The highest BCUT2D eigenvalue weighted by Gasteiger charge is 2.11. The molecule has 29 heavy (non-hydrogen) atoms. The molecule has 0 radical (unpaired) electrons. The number of hydrogen-bond donors (Lipinski definition) is 2. The summed E-state index contributed by atoms with van der Waals surface area (Å²) in [6.45, 7) is 0.293. The topological polar surface area (TPSA) is 76.7 Å². The normalized spacial score (nSPS) is 10.1. The number of anilines is 1. The highest BCUT2D eigenvalue weighted by Crippen LogP contribution is 2.22. The molecule has 6 heteroatoms. The lowest BCUT2D eigenvalue weighted by Gasteiger charge is -2.10. The Morgan fingerprint density at radius 2 is 1.45 bits per heavy atom. The molecule has 0 fully saturated rings. The van der Waals surface area contributed by atoms with Crippen LogP contribution in [-0.2, 0) is 16.1 Å². The van der Waals surface area contributed by atoms with Crippen LogP contribution in [0, 0.1) is 0 Å². The molecular formula is C23H22N2O4. The van der Waals surface area contributed by atoms with Gasteiger partial charge in [0, 0.05) is 17.8 Å². The van der Waals surface area contributed by atoms with E-state index in [4.69, 9.17) is 9.47 Å². The molecule has 0 unspecified atom stereocenters. The summed E-state index contributed by atoms with van der Waals surface area (Å²) in [6, 6.07) is 23.8. The summed E-state index contributed by atoms with van der Waals surface area (Å²) in [5, 5.41) is 5.43. The maximum atomic E-state index is 12.1. The van der Waals surface area contributed by atoms with E-state index in [9.17, 15) is 9.59 Å². The average Bonchev–Trinajstić information content (AvgIpc) is 2.74. The summed E-state index contributed by atoms with van der Waals surface area (Å²) >= 11 is 0. The second kappa shape index (κ2) is 9.94. The molecule has 3 aromatic carbocycles. The minimum absolute atomic E-state index is 0.266. The predicted molar refractivity (Wildman–Crippen MR) is 111 cm³/mol. The zero-order valence-corrected chi connectivity index (χ0v) is 16.1. The molecule has 0 saturated carbocycles. The lowest BCUT2D eigenvalue weighted by molar-refractivity contribution is -0.126. The Morgan fingerprint density at radius 1 is 0.793 bits per heavy atom. The Hall–Kier alpha value is -3.80. The van der Waals surface area contributed by atoms with E-state index in [1.165, 1.54) is 0 Å². The van der Waals surface area contributed by atoms with Gasteiger partial charge in [0.25, 0.3) is 0 Å². The molecule has 2 N–H and O–H groups in total. The van der Waals surface area contributed by atoms with Crippen LogP contribution >= 0.6 is 0 Å². The number of ether oxygens (including phenoxy) is 2. The fourth-order valence-electron chi connectivity index (χ4n) is 2.69. The van der Waals surface area contributed by atoms with Crippen LogP contribution < -0.4 is 20.1 Å².